The minimum absolute atomic E-state index is 0.0911. The van der Waals surface area contributed by atoms with Gasteiger partial charge in [-0.05, 0) is 45.4 Å². The first-order valence-electron chi connectivity index (χ1n) is 8.40. The number of anilines is 1. The molecule has 5 heteroatoms. The summed E-state index contributed by atoms with van der Waals surface area (Å²) < 4.78 is 11.2. The third kappa shape index (κ3) is 6.11. The zero-order valence-corrected chi connectivity index (χ0v) is 14.9. The molecule has 2 rings (SSSR count). The number of piperazine rings is 1. The van der Waals surface area contributed by atoms with Gasteiger partial charge in [0.2, 0.25) is 0 Å². The predicted molar refractivity (Wildman–Crippen MR) is 94.5 cm³/mol. The number of nitrogens with two attached hydrogens (primary N) is 1. The molecular weight excluding hydrogens is 290 g/mol. The summed E-state index contributed by atoms with van der Waals surface area (Å²) in [6.45, 7) is 13.1. The Bertz CT molecular complexity index is 460. The smallest absolute Gasteiger partial charge is 0.149 e. The van der Waals surface area contributed by atoms with Crippen molar-refractivity contribution in [2.24, 2.45) is 5.73 Å². The molecule has 1 aliphatic rings. The molecule has 0 bridgehead atoms. The van der Waals surface area contributed by atoms with E-state index in [0.29, 0.717) is 13.5 Å². The molecule has 0 aromatic heterocycles. The number of rotatable bonds is 6. The van der Waals surface area contributed by atoms with Gasteiger partial charge in [0.05, 0.1) is 5.60 Å². The van der Waals surface area contributed by atoms with Gasteiger partial charge in [0.1, 0.15) is 13.5 Å². The molecule has 1 aliphatic heterocycles. The van der Waals surface area contributed by atoms with Crippen LogP contribution in [0.5, 0.6) is 0 Å². The first-order valence-corrected chi connectivity index (χ1v) is 8.40. The lowest BCUT2D eigenvalue weighted by Crippen LogP contribution is -2.47. The fourth-order valence-corrected chi connectivity index (χ4v) is 2.51. The van der Waals surface area contributed by atoms with Crippen LogP contribution < -0.4 is 10.6 Å². The van der Waals surface area contributed by atoms with E-state index in [-0.39, 0.29) is 11.6 Å². The molecule has 130 valence electrons. The Morgan fingerprint density at radius 3 is 2.22 bits per heavy atom. The topological polar surface area (TPSA) is 51.0 Å². The third-order valence-electron chi connectivity index (χ3n) is 4.01. The van der Waals surface area contributed by atoms with Crippen LogP contribution in [0.4, 0.5) is 5.69 Å². The highest BCUT2D eigenvalue weighted by molar-refractivity contribution is 5.48. The van der Waals surface area contributed by atoms with E-state index in [1.54, 1.807) is 0 Å². The van der Waals surface area contributed by atoms with Crippen molar-refractivity contribution in [1.82, 2.24) is 4.90 Å². The first-order chi connectivity index (χ1) is 10.8. The van der Waals surface area contributed by atoms with Crippen LogP contribution in [0, 0.1) is 0 Å². The summed E-state index contributed by atoms with van der Waals surface area (Å²) in [6.07, 6.45) is 0. The molecule has 0 spiro atoms. The summed E-state index contributed by atoms with van der Waals surface area (Å²) in [7, 11) is 0. The standard InChI is InChI=1S/C18H31N3O2/c1-15(19)16-5-7-17(8-6-16)21-11-9-20(10-12-21)13-22-14-23-18(2,3)4/h5-8,15H,9-14,19H2,1-4H3. The number of nitrogens with zero attached hydrogens (tertiary/aromatic N) is 2. The summed E-state index contributed by atoms with van der Waals surface area (Å²) in [5.41, 5.74) is 8.20. The van der Waals surface area contributed by atoms with E-state index < -0.39 is 0 Å². The largest absolute Gasteiger partial charge is 0.369 e. The molecule has 0 amide bonds. The van der Waals surface area contributed by atoms with Gasteiger partial charge in [0, 0.05) is 37.9 Å². The number of ether oxygens (including phenoxy) is 2. The van der Waals surface area contributed by atoms with Crippen LogP contribution in [-0.2, 0) is 9.47 Å². The van der Waals surface area contributed by atoms with E-state index in [4.69, 9.17) is 15.2 Å². The lowest BCUT2D eigenvalue weighted by Gasteiger charge is -2.36. The predicted octanol–water partition coefficient (Wildman–Crippen LogP) is 2.58. The maximum atomic E-state index is 5.90. The zero-order valence-electron chi connectivity index (χ0n) is 14.9. The molecule has 1 saturated heterocycles. The Labute approximate surface area is 140 Å². The molecule has 5 nitrogen and oxygen atoms in total. The number of hydrogen-bond acceptors (Lipinski definition) is 5. The van der Waals surface area contributed by atoms with Gasteiger partial charge in [0.15, 0.2) is 0 Å². The van der Waals surface area contributed by atoms with Gasteiger partial charge in [0.25, 0.3) is 0 Å². The summed E-state index contributed by atoms with van der Waals surface area (Å²) in [5, 5.41) is 0. The molecule has 0 radical (unpaired) electrons. The molecule has 1 unspecified atom stereocenters. The van der Waals surface area contributed by atoms with E-state index in [2.05, 4.69) is 34.1 Å². The van der Waals surface area contributed by atoms with E-state index in [1.807, 2.05) is 27.7 Å². The lowest BCUT2D eigenvalue weighted by atomic mass is 10.1. The molecule has 2 N–H and O–H groups in total. The van der Waals surface area contributed by atoms with Gasteiger partial charge < -0.3 is 20.1 Å². The van der Waals surface area contributed by atoms with Crippen LogP contribution >= 0.6 is 0 Å². The second kappa shape index (κ2) is 8.11. The third-order valence-corrected chi connectivity index (χ3v) is 4.01. The molecule has 1 aromatic rings. The van der Waals surface area contributed by atoms with Crippen LogP contribution in [-0.4, -0.2) is 50.2 Å². The average Bonchev–Trinajstić information content (AvgIpc) is 2.51. The average molecular weight is 321 g/mol. The van der Waals surface area contributed by atoms with Crippen LogP contribution in [0.3, 0.4) is 0 Å². The molecule has 1 aromatic carbocycles. The first kappa shape index (κ1) is 18.2. The normalized spacial score (nSPS) is 18.2. The van der Waals surface area contributed by atoms with E-state index in [9.17, 15) is 0 Å². The van der Waals surface area contributed by atoms with Gasteiger partial charge >= 0.3 is 0 Å². The van der Waals surface area contributed by atoms with Crippen LogP contribution in [0.25, 0.3) is 0 Å². The van der Waals surface area contributed by atoms with Gasteiger partial charge in [-0.3, -0.25) is 4.90 Å². The molecule has 23 heavy (non-hydrogen) atoms. The Balaban J connectivity index is 1.71. The summed E-state index contributed by atoms with van der Waals surface area (Å²) >= 11 is 0. The quantitative estimate of drug-likeness (QED) is 0.645. The van der Waals surface area contributed by atoms with Gasteiger partial charge in [-0.2, -0.15) is 0 Å². The zero-order chi connectivity index (χ0) is 16.9. The van der Waals surface area contributed by atoms with Crippen molar-refractivity contribution in [2.45, 2.75) is 39.3 Å². The summed E-state index contributed by atoms with van der Waals surface area (Å²) in [4.78, 5) is 4.73. The number of benzene rings is 1. The monoisotopic (exact) mass is 321 g/mol. The molecule has 1 atom stereocenters. The fourth-order valence-electron chi connectivity index (χ4n) is 2.51. The van der Waals surface area contributed by atoms with Gasteiger partial charge in [-0.15, -0.1) is 0 Å². The van der Waals surface area contributed by atoms with Crippen molar-refractivity contribution in [1.29, 1.82) is 0 Å². The van der Waals surface area contributed by atoms with Crippen molar-refractivity contribution in [2.75, 3.05) is 44.6 Å². The Hall–Kier alpha value is -1.14. The van der Waals surface area contributed by atoms with Gasteiger partial charge in [-0.1, -0.05) is 12.1 Å². The molecule has 0 aliphatic carbocycles. The molecule has 0 saturated carbocycles. The minimum Gasteiger partial charge on any atom is -0.369 e. The number of hydrogen-bond donors (Lipinski definition) is 1. The second-order valence-electron chi connectivity index (χ2n) is 7.19. The maximum Gasteiger partial charge on any atom is 0.149 e. The fraction of sp³-hybridized carbons (Fsp3) is 0.667. The lowest BCUT2D eigenvalue weighted by molar-refractivity contribution is -0.141. The maximum absolute atomic E-state index is 5.90. The van der Waals surface area contributed by atoms with Crippen molar-refractivity contribution in [3.63, 3.8) is 0 Å². The van der Waals surface area contributed by atoms with E-state index in [0.717, 1.165) is 26.2 Å². The SMILES string of the molecule is CC(N)c1ccc(N2CCN(COCOC(C)(C)C)CC2)cc1. The van der Waals surface area contributed by atoms with Crippen LogP contribution in [0.1, 0.15) is 39.3 Å². The highest BCUT2D eigenvalue weighted by atomic mass is 16.7. The van der Waals surface area contributed by atoms with Crippen molar-refractivity contribution in [3.05, 3.63) is 29.8 Å². The van der Waals surface area contributed by atoms with E-state index >= 15 is 0 Å². The molecule has 1 heterocycles. The molecule has 1 fully saturated rings. The second-order valence-corrected chi connectivity index (χ2v) is 7.19. The summed E-state index contributed by atoms with van der Waals surface area (Å²) in [5.74, 6) is 0. The Morgan fingerprint density at radius 2 is 1.70 bits per heavy atom. The molecular formula is C18H31N3O2. The van der Waals surface area contributed by atoms with Crippen LogP contribution in [0.15, 0.2) is 24.3 Å². The summed E-state index contributed by atoms with van der Waals surface area (Å²) in [6, 6.07) is 8.68. The Morgan fingerprint density at radius 1 is 1.09 bits per heavy atom. The Kier molecular flexibility index (Phi) is 6.41. The van der Waals surface area contributed by atoms with E-state index in [1.165, 1.54) is 11.3 Å². The van der Waals surface area contributed by atoms with Gasteiger partial charge in [-0.25, -0.2) is 0 Å². The minimum atomic E-state index is -0.147. The van der Waals surface area contributed by atoms with Crippen LogP contribution in [0.2, 0.25) is 0 Å². The van der Waals surface area contributed by atoms with Crippen molar-refractivity contribution >= 4 is 5.69 Å². The highest BCUT2D eigenvalue weighted by Gasteiger charge is 2.17. The van der Waals surface area contributed by atoms with Crippen molar-refractivity contribution < 1.29 is 9.47 Å². The van der Waals surface area contributed by atoms with Crippen molar-refractivity contribution in [3.8, 4) is 0 Å². The highest BCUT2D eigenvalue weighted by Crippen LogP contribution is 2.19.